The molecule has 0 aliphatic heterocycles. The number of imide groups is 1. The average Bonchev–Trinajstić information content (AvgIpc) is 2.36. The number of nitrogens with one attached hydrogen (secondary N) is 2. The van der Waals surface area contributed by atoms with Crippen molar-refractivity contribution < 1.29 is 13.8 Å². The lowest BCUT2D eigenvalue weighted by Gasteiger charge is -2.12. The Labute approximate surface area is 121 Å². The van der Waals surface area contributed by atoms with Crippen LogP contribution in [-0.4, -0.2) is 28.4 Å². The quantitative estimate of drug-likeness (QED) is 0.709. The fourth-order valence-corrected chi connectivity index (χ4v) is 3.21. The monoisotopic (exact) mass is 347 g/mol. The Kier molecular flexibility index (Phi) is 5.49. The van der Waals surface area contributed by atoms with Crippen LogP contribution in [0.2, 0.25) is 0 Å². The predicted octanol–water partition coefficient (Wildman–Crippen LogP) is 0.983. The summed E-state index contributed by atoms with van der Waals surface area (Å²) in [7, 11) is -0.201. The highest BCUT2D eigenvalue weighted by Crippen LogP contribution is 2.24. The van der Waals surface area contributed by atoms with Gasteiger partial charge in [0.2, 0.25) is 5.91 Å². The van der Waals surface area contributed by atoms with Gasteiger partial charge >= 0.3 is 6.03 Å². The van der Waals surface area contributed by atoms with Gasteiger partial charge in [-0.2, -0.15) is 0 Å². The summed E-state index contributed by atoms with van der Waals surface area (Å²) >= 11 is 3.25. The van der Waals surface area contributed by atoms with Crippen LogP contribution in [0.1, 0.15) is 6.92 Å². The molecule has 0 radical (unpaired) electrons. The van der Waals surface area contributed by atoms with Crippen molar-refractivity contribution in [3.8, 4) is 0 Å². The van der Waals surface area contributed by atoms with Crippen LogP contribution in [-0.2, 0) is 15.6 Å². The van der Waals surface area contributed by atoms with Crippen molar-refractivity contribution in [3.05, 3.63) is 22.7 Å². The highest BCUT2D eigenvalue weighted by atomic mass is 79.9. The van der Waals surface area contributed by atoms with Crippen molar-refractivity contribution in [2.75, 3.05) is 12.8 Å². The summed E-state index contributed by atoms with van der Waals surface area (Å²) in [5.74, 6) is -0.610. The molecular weight excluding hydrogens is 334 g/mol. The van der Waals surface area contributed by atoms with E-state index in [9.17, 15) is 13.8 Å². The number of halogens is 1. The van der Waals surface area contributed by atoms with Gasteiger partial charge in [0, 0.05) is 17.2 Å². The van der Waals surface area contributed by atoms with Crippen molar-refractivity contribution >= 4 is 44.4 Å². The molecule has 6 nitrogen and oxygen atoms in total. The van der Waals surface area contributed by atoms with Crippen LogP contribution >= 0.6 is 15.9 Å². The van der Waals surface area contributed by atoms with E-state index in [1.165, 1.54) is 14.0 Å². The van der Waals surface area contributed by atoms with Crippen LogP contribution in [0.4, 0.5) is 10.5 Å². The van der Waals surface area contributed by atoms with E-state index < -0.39 is 28.0 Å². The van der Waals surface area contributed by atoms with Crippen LogP contribution < -0.4 is 16.4 Å². The fraction of sp³-hybridized carbons (Fsp3) is 0.273. The van der Waals surface area contributed by atoms with Crippen LogP contribution in [0, 0.1) is 0 Å². The molecule has 19 heavy (non-hydrogen) atoms. The highest BCUT2D eigenvalue weighted by molar-refractivity contribution is 9.10. The Balaban J connectivity index is 2.87. The van der Waals surface area contributed by atoms with Crippen LogP contribution in [0.3, 0.4) is 0 Å². The molecular formula is C11H14BrN3O3S. The maximum Gasteiger partial charge on any atom is 0.321 e. The van der Waals surface area contributed by atoms with E-state index in [0.717, 1.165) is 0 Å². The minimum atomic E-state index is -1.59. The molecule has 1 aromatic rings. The second-order valence-corrected chi connectivity index (χ2v) is 6.29. The molecule has 0 aliphatic carbocycles. The molecule has 0 fully saturated rings. The molecule has 1 rings (SSSR count). The van der Waals surface area contributed by atoms with E-state index in [1.807, 2.05) is 0 Å². The van der Waals surface area contributed by atoms with Crippen LogP contribution in [0.5, 0.6) is 0 Å². The number of rotatable bonds is 3. The zero-order chi connectivity index (χ0) is 14.6. The Hall–Kier alpha value is -1.41. The lowest BCUT2D eigenvalue weighted by molar-refractivity contribution is -0.119. The van der Waals surface area contributed by atoms with Gasteiger partial charge < -0.3 is 11.1 Å². The molecule has 104 valence electrons. The number of urea groups is 1. The SMILES string of the molecule is CNC(=O)NC(=O)C(C)S(=O)c1ccc(N)cc1Br. The van der Waals surface area contributed by atoms with Gasteiger partial charge in [0.1, 0.15) is 5.25 Å². The second kappa shape index (κ2) is 6.67. The number of nitrogen functional groups attached to an aromatic ring is 1. The molecule has 2 unspecified atom stereocenters. The first-order chi connectivity index (χ1) is 8.86. The van der Waals surface area contributed by atoms with Gasteiger partial charge in [-0.05, 0) is 41.1 Å². The van der Waals surface area contributed by atoms with Gasteiger partial charge in [-0.15, -0.1) is 0 Å². The zero-order valence-corrected chi connectivity index (χ0v) is 12.8. The van der Waals surface area contributed by atoms with Gasteiger partial charge in [0.05, 0.1) is 15.7 Å². The lowest BCUT2D eigenvalue weighted by Crippen LogP contribution is -2.43. The highest BCUT2D eigenvalue weighted by Gasteiger charge is 2.24. The summed E-state index contributed by atoms with van der Waals surface area (Å²) in [5, 5.41) is 3.48. The third kappa shape index (κ3) is 4.03. The number of hydrogen-bond donors (Lipinski definition) is 3. The molecule has 4 N–H and O–H groups in total. The van der Waals surface area contributed by atoms with E-state index >= 15 is 0 Å². The molecule has 0 saturated carbocycles. The normalized spacial score (nSPS) is 13.4. The molecule has 0 saturated heterocycles. The van der Waals surface area contributed by atoms with Gasteiger partial charge in [0.15, 0.2) is 0 Å². The molecule has 0 heterocycles. The molecule has 0 bridgehead atoms. The van der Waals surface area contributed by atoms with E-state index in [-0.39, 0.29) is 0 Å². The molecule has 0 spiro atoms. The number of hydrogen-bond acceptors (Lipinski definition) is 4. The zero-order valence-electron chi connectivity index (χ0n) is 10.4. The summed E-state index contributed by atoms with van der Waals surface area (Å²) in [5.41, 5.74) is 6.11. The Bertz CT molecular complexity index is 536. The summed E-state index contributed by atoms with van der Waals surface area (Å²) in [6.07, 6.45) is 0. The minimum Gasteiger partial charge on any atom is -0.399 e. The van der Waals surface area contributed by atoms with Crippen molar-refractivity contribution in [1.29, 1.82) is 0 Å². The molecule has 0 aliphatic rings. The maximum atomic E-state index is 12.2. The summed E-state index contributed by atoms with van der Waals surface area (Å²) in [4.78, 5) is 23.2. The third-order valence-corrected chi connectivity index (χ3v) is 4.89. The van der Waals surface area contributed by atoms with Crippen molar-refractivity contribution in [2.24, 2.45) is 0 Å². The number of anilines is 1. The largest absolute Gasteiger partial charge is 0.399 e. The van der Waals surface area contributed by atoms with E-state index in [1.54, 1.807) is 18.2 Å². The summed E-state index contributed by atoms with van der Waals surface area (Å²) in [6.45, 7) is 1.48. The Morgan fingerprint density at radius 1 is 1.42 bits per heavy atom. The van der Waals surface area contributed by atoms with Crippen LogP contribution in [0.25, 0.3) is 0 Å². The van der Waals surface area contributed by atoms with Crippen molar-refractivity contribution in [1.82, 2.24) is 10.6 Å². The molecule has 8 heteroatoms. The number of benzene rings is 1. The predicted molar refractivity (Wildman–Crippen MR) is 77.0 cm³/mol. The third-order valence-electron chi connectivity index (χ3n) is 2.33. The molecule has 3 amide bonds. The van der Waals surface area contributed by atoms with Gasteiger partial charge in [-0.1, -0.05) is 0 Å². The number of carbonyl (C=O) groups is 2. The summed E-state index contributed by atoms with van der Waals surface area (Å²) < 4.78 is 12.8. The number of carbonyl (C=O) groups excluding carboxylic acids is 2. The maximum absolute atomic E-state index is 12.2. The van der Waals surface area contributed by atoms with E-state index in [0.29, 0.717) is 15.1 Å². The van der Waals surface area contributed by atoms with Crippen molar-refractivity contribution in [2.45, 2.75) is 17.1 Å². The lowest BCUT2D eigenvalue weighted by atomic mass is 10.3. The van der Waals surface area contributed by atoms with Gasteiger partial charge in [-0.3, -0.25) is 14.3 Å². The Morgan fingerprint density at radius 3 is 2.58 bits per heavy atom. The average molecular weight is 348 g/mol. The first kappa shape index (κ1) is 15.6. The van der Waals surface area contributed by atoms with E-state index in [2.05, 4.69) is 26.6 Å². The fourth-order valence-electron chi connectivity index (χ4n) is 1.24. The van der Waals surface area contributed by atoms with Gasteiger partial charge in [-0.25, -0.2) is 4.79 Å². The second-order valence-electron chi connectivity index (χ2n) is 3.70. The van der Waals surface area contributed by atoms with Gasteiger partial charge in [0.25, 0.3) is 0 Å². The smallest absolute Gasteiger partial charge is 0.321 e. The molecule has 1 aromatic carbocycles. The van der Waals surface area contributed by atoms with E-state index in [4.69, 9.17) is 5.73 Å². The molecule has 0 aromatic heterocycles. The summed E-state index contributed by atoms with van der Waals surface area (Å²) in [6, 6.07) is 4.15. The standard InChI is InChI=1S/C11H14BrN3O3S/c1-6(10(16)15-11(17)14-2)19(18)9-4-3-7(13)5-8(9)12/h3-6H,13H2,1-2H3,(H2,14,15,16,17). The van der Waals surface area contributed by atoms with Crippen molar-refractivity contribution in [3.63, 3.8) is 0 Å². The topological polar surface area (TPSA) is 101 Å². The number of nitrogens with two attached hydrogens (primary N) is 1. The minimum absolute atomic E-state index is 0.453. The first-order valence-corrected chi connectivity index (χ1v) is 7.35. The number of amides is 3. The molecule has 2 atom stereocenters. The van der Waals surface area contributed by atoms with Crippen LogP contribution in [0.15, 0.2) is 27.6 Å². The first-order valence-electron chi connectivity index (χ1n) is 5.35. The Morgan fingerprint density at radius 2 is 2.05 bits per heavy atom.